The molecule has 232 valence electrons. The number of hydrogen-bond donors (Lipinski definition) is 1. The van der Waals surface area contributed by atoms with Gasteiger partial charge in [0.15, 0.2) is 0 Å². The van der Waals surface area contributed by atoms with Gasteiger partial charge in [-0.15, -0.1) is 0 Å². The first-order valence-electron chi connectivity index (χ1n) is 13.4. The van der Waals surface area contributed by atoms with E-state index in [2.05, 4.69) is 41.0 Å². The molecule has 2 aliphatic heterocycles. The number of piperazine rings is 1. The number of likely N-dealkylation sites (tertiary alicyclic amines) is 1. The van der Waals surface area contributed by atoms with E-state index in [0.717, 1.165) is 39.2 Å². The summed E-state index contributed by atoms with van der Waals surface area (Å²) in [5.41, 5.74) is 0.118. The number of alkyl halides is 3. The lowest BCUT2D eigenvalue weighted by Crippen LogP contribution is -2.48. The summed E-state index contributed by atoms with van der Waals surface area (Å²) in [5.74, 6) is -0.832. The molecule has 2 aliphatic rings. The van der Waals surface area contributed by atoms with Gasteiger partial charge in [-0.25, -0.2) is 0 Å². The molecular formula is C29H39F3N4O6. The minimum atomic E-state index is -4.86. The number of aryl methyl sites for hydroxylation is 1. The fraction of sp³-hybridized carbons (Fsp3) is 0.517. The van der Waals surface area contributed by atoms with Crippen LogP contribution in [0.5, 0.6) is 5.75 Å². The number of ether oxygens (including phenoxy) is 1. The number of nitro groups is 1. The molecule has 13 heteroatoms. The second-order valence-electron chi connectivity index (χ2n) is 10.1. The highest BCUT2D eigenvalue weighted by molar-refractivity contribution is 5.76. The van der Waals surface area contributed by atoms with E-state index in [0.29, 0.717) is 45.0 Å². The quantitative estimate of drug-likeness (QED) is 0.341. The number of nitro benzene ring substituents is 1. The second kappa shape index (κ2) is 15.4. The Morgan fingerprint density at radius 3 is 2.12 bits per heavy atom. The van der Waals surface area contributed by atoms with Crippen molar-refractivity contribution in [2.45, 2.75) is 52.8 Å². The van der Waals surface area contributed by atoms with E-state index in [1.807, 2.05) is 0 Å². The minimum absolute atomic E-state index is 0. The third-order valence-electron chi connectivity index (χ3n) is 6.98. The number of nitrogens with zero attached hydrogens (tertiary/aromatic N) is 4. The van der Waals surface area contributed by atoms with Crippen molar-refractivity contribution in [2.24, 2.45) is 0 Å². The topological polar surface area (TPSA) is 116 Å². The zero-order valence-electron chi connectivity index (χ0n) is 23.1. The molecule has 1 amide bonds. The standard InChI is InChI=1S/C26H31F3N4O4.C2H4O2.CH4/c1-19-2-4-20(5-3-19)31-16-14-30(15-17-31)11-10-25(34)32-12-8-21(9-13-32)37-22-6-7-24(33(35)36)23(18-22)26(27,28)29;1-2(3)4;/h2-7,18,21H,8-17H2,1H3;1H3,(H,3,4);1H4. The van der Waals surface area contributed by atoms with E-state index in [4.69, 9.17) is 14.6 Å². The summed E-state index contributed by atoms with van der Waals surface area (Å²) < 4.78 is 45.3. The Kier molecular flexibility index (Phi) is 12.6. The summed E-state index contributed by atoms with van der Waals surface area (Å²) in [6, 6.07) is 11.2. The highest BCUT2D eigenvalue weighted by Gasteiger charge is 2.39. The van der Waals surface area contributed by atoms with Crippen LogP contribution in [0.1, 0.15) is 44.7 Å². The van der Waals surface area contributed by atoms with E-state index in [1.54, 1.807) is 4.90 Å². The molecule has 2 saturated heterocycles. The Morgan fingerprint density at radius 2 is 1.60 bits per heavy atom. The number of carboxylic acids is 1. The smallest absolute Gasteiger partial charge is 0.423 e. The van der Waals surface area contributed by atoms with Gasteiger partial charge in [0.1, 0.15) is 17.4 Å². The first kappa shape index (κ1) is 34.3. The third-order valence-corrected chi connectivity index (χ3v) is 6.98. The lowest BCUT2D eigenvalue weighted by atomic mass is 10.1. The summed E-state index contributed by atoms with van der Waals surface area (Å²) >= 11 is 0. The number of anilines is 1. The van der Waals surface area contributed by atoms with Crippen molar-refractivity contribution in [3.63, 3.8) is 0 Å². The van der Waals surface area contributed by atoms with Gasteiger partial charge in [-0.2, -0.15) is 13.2 Å². The van der Waals surface area contributed by atoms with Gasteiger partial charge in [0, 0.05) is 83.8 Å². The van der Waals surface area contributed by atoms with Crippen LogP contribution in [0.25, 0.3) is 0 Å². The number of hydrogen-bond acceptors (Lipinski definition) is 7. The summed E-state index contributed by atoms with van der Waals surface area (Å²) in [6.07, 6.45) is -3.82. The van der Waals surface area contributed by atoms with Gasteiger partial charge in [0.2, 0.25) is 5.91 Å². The molecular weight excluding hydrogens is 557 g/mol. The number of carboxylic acid groups (broad SMARTS) is 1. The highest BCUT2D eigenvalue weighted by Crippen LogP contribution is 2.38. The summed E-state index contributed by atoms with van der Waals surface area (Å²) in [6.45, 7) is 8.39. The van der Waals surface area contributed by atoms with E-state index in [1.165, 1.54) is 17.3 Å². The maximum absolute atomic E-state index is 13.2. The summed E-state index contributed by atoms with van der Waals surface area (Å²) in [5, 5.41) is 18.3. The molecule has 2 aromatic carbocycles. The molecule has 2 heterocycles. The van der Waals surface area contributed by atoms with Crippen LogP contribution in [0.15, 0.2) is 42.5 Å². The Labute approximate surface area is 243 Å². The lowest BCUT2D eigenvalue weighted by Gasteiger charge is -2.37. The van der Waals surface area contributed by atoms with Gasteiger partial charge in [0.25, 0.3) is 11.7 Å². The molecule has 0 radical (unpaired) electrons. The highest BCUT2D eigenvalue weighted by atomic mass is 19.4. The van der Waals surface area contributed by atoms with Crippen LogP contribution in [0.3, 0.4) is 0 Å². The van der Waals surface area contributed by atoms with Crippen molar-refractivity contribution in [3.05, 3.63) is 63.7 Å². The second-order valence-corrected chi connectivity index (χ2v) is 10.1. The van der Waals surface area contributed by atoms with E-state index in [-0.39, 0.29) is 25.2 Å². The van der Waals surface area contributed by atoms with Gasteiger partial charge in [-0.3, -0.25) is 24.6 Å². The molecule has 4 rings (SSSR count). The lowest BCUT2D eigenvalue weighted by molar-refractivity contribution is -0.388. The van der Waals surface area contributed by atoms with Crippen LogP contribution in [-0.2, 0) is 15.8 Å². The number of carbonyl (C=O) groups excluding carboxylic acids is 1. The van der Waals surface area contributed by atoms with Crippen LogP contribution in [0, 0.1) is 17.0 Å². The van der Waals surface area contributed by atoms with Gasteiger partial charge < -0.3 is 19.6 Å². The van der Waals surface area contributed by atoms with Crippen molar-refractivity contribution in [1.29, 1.82) is 0 Å². The molecule has 42 heavy (non-hydrogen) atoms. The van der Waals surface area contributed by atoms with Crippen LogP contribution in [0.4, 0.5) is 24.5 Å². The largest absolute Gasteiger partial charge is 0.490 e. The third kappa shape index (κ3) is 10.2. The van der Waals surface area contributed by atoms with Gasteiger partial charge in [-0.05, 0) is 31.2 Å². The molecule has 0 bridgehead atoms. The monoisotopic (exact) mass is 596 g/mol. The normalized spacial score (nSPS) is 16.1. The van der Waals surface area contributed by atoms with Crippen molar-refractivity contribution >= 4 is 23.3 Å². The Hall–Kier alpha value is -3.87. The fourth-order valence-electron chi connectivity index (χ4n) is 4.79. The van der Waals surface area contributed by atoms with E-state index in [9.17, 15) is 28.1 Å². The van der Waals surface area contributed by atoms with E-state index >= 15 is 0 Å². The Balaban J connectivity index is 0.00000116. The summed E-state index contributed by atoms with van der Waals surface area (Å²) in [4.78, 5) is 38.0. The molecule has 2 fully saturated rings. The Bertz CT molecular complexity index is 1190. The number of amides is 1. The number of carbonyl (C=O) groups is 2. The maximum atomic E-state index is 13.2. The minimum Gasteiger partial charge on any atom is -0.490 e. The molecule has 0 aliphatic carbocycles. The van der Waals surface area contributed by atoms with Crippen LogP contribution in [-0.4, -0.2) is 83.6 Å². The molecule has 0 aromatic heterocycles. The first-order chi connectivity index (χ1) is 19.3. The van der Waals surface area contributed by atoms with Crippen LogP contribution < -0.4 is 9.64 Å². The SMILES string of the molecule is C.CC(=O)O.Cc1ccc(N2CCN(CCC(=O)N3CCC(Oc4ccc([N+](=O)[O-])c(C(F)(F)F)c4)CC3)CC2)cc1. The molecule has 0 atom stereocenters. The van der Waals surface area contributed by atoms with Crippen molar-refractivity contribution in [2.75, 3.05) is 50.7 Å². The molecule has 0 unspecified atom stereocenters. The zero-order chi connectivity index (χ0) is 30.2. The van der Waals surface area contributed by atoms with Crippen molar-refractivity contribution in [3.8, 4) is 5.75 Å². The number of halogens is 3. The number of aliphatic carboxylic acids is 1. The first-order valence-corrected chi connectivity index (χ1v) is 13.4. The molecule has 2 aromatic rings. The zero-order valence-corrected chi connectivity index (χ0v) is 23.1. The number of piperidine rings is 1. The number of benzene rings is 2. The predicted molar refractivity (Wildman–Crippen MR) is 153 cm³/mol. The fourth-order valence-corrected chi connectivity index (χ4v) is 4.79. The van der Waals surface area contributed by atoms with Crippen LogP contribution in [0.2, 0.25) is 0 Å². The maximum Gasteiger partial charge on any atom is 0.423 e. The van der Waals surface area contributed by atoms with Crippen LogP contribution >= 0.6 is 0 Å². The van der Waals surface area contributed by atoms with Crippen molar-refractivity contribution < 1.29 is 37.5 Å². The van der Waals surface area contributed by atoms with Gasteiger partial charge >= 0.3 is 6.18 Å². The molecule has 0 saturated carbocycles. The average molecular weight is 597 g/mol. The number of rotatable bonds is 7. The Morgan fingerprint density at radius 1 is 1.02 bits per heavy atom. The predicted octanol–water partition coefficient (Wildman–Crippen LogP) is 5.23. The van der Waals surface area contributed by atoms with E-state index < -0.39 is 28.3 Å². The summed E-state index contributed by atoms with van der Waals surface area (Å²) in [7, 11) is 0. The average Bonchev–Trinajstić information content (AvgIpc) is 2.92. The van der Waals surface area contributed by atoms with Crippen molar-refractivity contribution in [1.82, 2.24) is 9.80 Å². The van der Waals surface area contributed by atoms with Gasteiger partial charge in [-0.1, -0.05) is 25.1 Å². The van der Waals surface area contributed by atoms with Gasteiger partial charge in [0.05, 0.1) is 4.92 Å². The molecule has 1 N–H and O–H groups in total. The molecule has 0 spiro atoms. The molecule has 10 nitrogen and oxygen atoms in total.